The SMILES string of the molecule is CN1CCN(c2cccc3c(=O)cc(C(=O)Nc4ccc(N5CCOCC5)c(F)c4)oc23)CC1. The van der Waals surface area contributed by atoms with Gasteiger partial charge in [0.2, 0.25) is 0 Å². The maximum Gasteiger partial charge on any atom is 0.291 e. The van der Waals surface area contributed by atoms with Gasteiger partial charge in [-0.2, -0.15) is 0 Å². The number of amides is 1. The van der Waals surface area contributed by atoms with E-state index in [0.717, 1.165) is 31.9 Å². The number of benzene rings is 2. The number of para-hydroxylation sites is 1. The van der Waals surface area contributed by atoms with Gasteiger partial charge in [-0.1, -0.05) is 6.07 Å². The van der Waals surface area contributed by atoms with Gasteiger partial charge in [0.25, 0.3) is 5.91 Å². The van der Waals surface area contributed by atoms with Crippen molar-refractivity contribution in [1.29, 1.82) is 0 Å². The first-order chi connectivity index (χ1) is 16.5. The van der Waals surface area contributed by atoms with Crippen molar-refractivity contribution >= 4 is 33.9 Å². The van der Waals surface area contributed by atoms with Crippen LogP contribution in [-0.4, -0.2) is 70.3 Å². The van der Waals surface area contributed by atoms with Crippen LogP contribution in [0.2, 0.25) is 0 Å². The fourth-order valence-corrected chi connectivity index (χ4v) is 4.41. The first kappa shape index (κ1) is 22.4. The van der Waals surface area contributed by atoms with E-state index in [-0.39, 0.29) is 16.9 Å². The van der Waals surface area contributed by atoms with Crippen molar-refractivity contribution in [2.75, 3.05) is 74.6 Å². The van der Waals surface area contributed by atoms with Crippen molar-refractivity contribution in [3.05, 3.63) is 64.3 Å². The molecule has 2 aliphatic heterocycles. The molecule has 0 saturated carbocycles. The Balaban J connectivity index is 1.40. The fourth-order valence-electron chi connectivity index (χ4n) is 4.41. The number of rotatable bonds is 4. The van der Waals surface area contributed by atoms with Crippen molar-refractivity contribution < 1.29 is 18.3 Å². The predicted molar refractivity (Wildman–Crippen MR) is 130 cm³/mol. The number of piperazine rings is 1. The van der Waals surface area contributed by atoms with Crippen molar-refractivity contribution in [3.63, 3.8) is 0 Å². The zero-order valence-electron chi connectivity index (χ0n) is 19.1. The molecule has 0 bridgehead atoms. The molecule has 3 heterocycles. The van der Waals surface area contributed by atoms with E-state index in [1.165, 1.54) is 12.1 Å². The van der Waals surface area contributed by atoms with Crippen molar-refractivity contribution in [2.45, 2.75) is 0 Å². The smallest absolute Gasteiger partial charge is 0.291 e. The van der Waals surface area contributed by atoms with Crippen LogP contribution in [0.3, 0.4) is 0 Å². The van der Waals surface area contributed by atoms with Gasteiger partial charge in [-0.3, -0.25) is 9.59 Å². The molecule has 3 aromatic rings. The van der Waals surface area contributed by atoms with Crippen LogP contribution in [0.25, 0.3) is 11.0 Å². The quantitative estimate of drug-likeness (QED) is 0.634. The number of hydrogen-bond donors (Lipinski definition) is 1. The van der Waals surface area contributed by atoms with Crippen LogP contribution in [0.1, 0.15) is 10.6 Å². The molecule has 0 atom stereocenters. The second-order valence-corrected chi connectivity index (χ2v) is 8.64. The third-order valence-corrected chi connectivity index (χ3v) is 6.36. The first-order valence-corrected chi connectivity index (χ1v) is 11.4. The Morgan fingerprint density at radius 1 is 0.941 bits per heavy atom. The minimum atomic E-state index is -0.606. The van der Waals surface area contributed by atoms with E-state index in [1.54, 1.807) is 18.2 Å². The molecule has 0 aliphatic carbocycles. The van der Waals surface area contributed by atoms with Gasteiger partial charge in [-0.05, 0) is 37.4 Å². The second-order valence-electron chi connectivity index (χ2n) is 8.64. The molecule has 178 valence electrons. The number of halogens is 1. The maximum absolute atomic E-state index is 14.7. The average molecular weight is 467 g/mol. The summed E-state index contributed by atoms with van der Waals surface area (Å²) in [5.74, 6) is -1.15. The first-order valence-electron chi connectivity index (χ1n) is 11.4. The van der Waals surface area contributed by atoms with E-state index in [2.05, 4.69) is 22.2 Å². The Morgan fingerprint density at radius 2 is 1.68 bits per heavy atom. The number of carbonyl (C=O) groups is 1. The Hall–Kier alpha value is -3.43. The Bertz CT molecular complexity index is 1260. The van der Waals surface area contributed by atoms with Gasteiger partial charge >= 0.3 is 0 Å². The van der Waals surface area contributed by atoms with Crippen LogP contribution in [0.15, 0.2) is 51.7 Å². The van der Waals surface area contributed by atoms with E-state index in [4.69, 9.17) is 9.15 Å². The Labute approximate surface area is 196 Å². The summed E-state index contributed by atoms with van der Waals surface area (Å²) in [6.45, 7) is 5.71. The Morgan fingerprint density at radius 3 is 2.41 bits per heavy atom. The summed E-state index contributed by atoms with van der Waals surface area (Å²) in [6.07, 6.45) is 0. The molecule has 1 N–H and O–H groups in total. The molecule has 1 amide bonds. The van der Waals surface area contributed by atoms with Gasteiger partial charge < -0.3 is 29.2 Å². The van der Waals surface area contributed by atoms with Gasteiger partial charge in [0, 0.05) is 51.0 Å². The molecule has 8 nitrogen and oxygen atoms in total. The van der Waals surface area contributed by atoms with Crippen LogP contribution in [0, 0.1) is 5.82 Å². The molecule has 0 radical (unpaired) electrons. The summed E-state index contributed by atoms with van der Waals surface area (Å²) >= 11 is 0. The van der Waals surface area contributed by atoms with Crippen LogP contribution >= 0.6 is 0 Å². The lowest BCUT2D eigenvalue weighted by molar-refractivity contribution is 0.0997. The number of nitrogens with one attached hydrogen (secondary N) is 1. The van der Waals surface area contributed by atoms with Crippen LogP contribution in [-0.2, 0) is 4.74 Å². The summed E-state index contributed by atoms with van der Waals surface area (Å²) in [4.78, 5) is 32.0. The van der Waals surface area contributed by atoms with E-state index >= 15 is 0 Å². The Kier molecular flexibility index (Phi) is 6.21. The zero-order valence-corrected chi connectivity index (χ0v) is 19.1. The van der Waals surface area contributed by atoms with Crippen LogP contribution < -0.4 is 20.5 Å². The van der Waals surface area contributed by atoms with Gasteiger partial charge in [0.15, 0.2) is 16.8 Å². The highest BCUT2D eigenvalue weighted by Gasteiger charge is 2.21. The largest absolute Gasteiger partial charge is 0.448 e. The van der Waals surface area contributed by atoms with E-state index < -0.39 is 11.7 Å². The number of anilines is 3. The molecule has 2 aromatic carbocycles. The molecule has 34 heavy (non-hydrogen) atoms. The highest BCUT2D eigenvalue weighted by atomic mass is 19.1. The molecule has 2 saturated heterocycles. The van der Waals surface area contributed by atoms with E-state index in [9.17, 15) is 14.0 Å². The maximum atomic E-state index is 14.7. The fraction of sp³-hybridized carbons (Fsp3) is 0.360. The second kappa shape index (κ2) is 9.44. The monoisotopic (exact) mass is 466 g/mol. The summed E-state index contributed by atoms with van der Waals surface area (Å²) in [5.41, 5.74) is 1.64. The lowest BCUT2D eigenvalue weighted by Crippen LogP contribution is -2.44. The lowest BCUT2D eigenvalue weighted by atomic mass is 10.1. The number of morpholine rings is 1. The standard InChI is InChI=1S/C25H27FN4O4/c1-28-7-9-29(10-8-28)21-4-2-3-18-22(31)16-23(34-24(18)21)25(32)27-17-5-6-20(19(26)15-17)30-11-13-33-14-12-30/h2-6,15-16H,7-14H2,1H3,(H,27,32). The van der Waals surface area contributed by atoms with Crippen molar-refractivity contribution in [3.8, 4) is 0 Å². The third-order valence-electron chi connectivity index (χ3n) is 6.36. The highest BCUT2D eigenvalue weighted by molar-refractivity contribution is 6.03. The van der Waals surface area contributed by atoms with Gasteiger partial charge in [0.1, 0.15) is 5.82 Å². The topological polar surface area (TPSA) is 78.3 Å². The van der Waals surface area contributed by atoms with Crippen molar-refractivity contribution in [2.24, 2.45) is 0 Å². The van der Waals surface area contributed by atoms with Crippen molar-refractivity contribution in [1.82, 2.24) is 4.90 Å². The van der Waals surface area contributed by atoms with E-state index in [0.29, 0.717) is 43.0 Å². The molecule has 2 aliphatic rings. The molecule has 2 fully saturated rings. The number of likely N-dealkylation sites (N-methyl/N-ethyl adjacent to an activating group) is 1. The van der Waals surface area contributed by atoms with E-state index in [1.807, 2.05) is 17.0 Å². The van der Waals surface area contributed by atoms with Crippen LogP contribution in [0.5, 0.6) is 0 Å². The summed E-state index contributed by atoms with van der Waals surface area (Å²) in [7, 11) is 2.07. The number of nitrogens with zero attached hydrogens (tertiary/aromatic N) is 3. The number of ether oxygens (including phenoxy) is 1. The minimum absolute atomic E-state index is 0.114. The molecule has 0 spiro atoms. The minimum Gasteiger partial charge on any atom is -0.448 e. The highest BCUT2D eigenvalue weighted by Crippen LogP contribution is 2.28. The molecular weight excluding hydrogens is 439 g/mol. The zero-order chi connectivity index (χ0) is 23.7. The summed E-state index contributed by atoms with van der Waals surface area (Å²) in [6, 6.07) is 11.2. The number of fused-ring (bicyclic) bond motifs is 1. The molecule has 5 rings (SSSR count). The lowest BCUT2D eigenvalue weighted by Gasteiger charge is -2.34. The third kappa shape index (κ3) is 4.49. The number of carbonyl (C=O) groups excluding carboxylic acids is 1. The average Bonchev–Trinajstić information content (AvgIpc) is 2.85. The summed E-state index contributed by atoms with van der Waals surface area (Å²) in [5, 5.41) is 3.08. The molecular formula is C25H27FN4O4. The van der Waals surface area contributed by atoms with Gasteiger partial charge in [0.05, 0.1) is 30.0 Å². The normalized spacial score (nSPS) is 17.2. The molecule has 1 aromatic heterocycles. The molecule has 0 unspecified atom stereocenters. The van der Waals surface area contributed by atoms with Gasteiger partial charge in [-0.15, -0.1) is 0 Å². The van der Waals surface area contributed by atoms with Gasteiger partial charge in [-0.25, -0.2) is 4.39 Å². The van der Waals surface area contributed by atoms with Crippen LogP contribution in [0.4, 0.5) is 21.5 Å². The predicted octanol–water partition coefficient (Wildman–Crippen LogP) is 2.77. The number of hydrogen-bond acceptors (Lipinski definition) is 7. The molecule has 9 heteroatoms. The summed E-state index contributed by atoms with van der Waals surface area (Å²) < 4.78 is 26.0.